The zero-order valence-electron chi connectivity index (χ0n) is 9.57. The van der Waals surface area contributed by atoms with Crippen molar-refractivity contribution in [3.8, 4) is 0 Å². The molecule has 1 nitrogen and oxygen atoms in total. The molecular weight excluding hydrogens is 292 g/mol. The second-order valence-corrected chi connectivity index (χ2v) is 5.44. The molecule has 0 bridgehead atoms. The maximum absolute atomic E-state index is 14.0. The highest BCUT2D eigenvalue weighted by Gasteiger charge is 2.34. The summed E-state index contributed by atoms with van der Waals surface area (Å²) >= 11 is 13.7. The number of rotatable bonds is 5. The molecule has 0 aliphatic rings. The van der Waals surface area contributed by atoms with Gasteiger partial charge in [-0.05, 0) is 11.6 Å². The number of hydrogen-bond acceptors (Lipinski definition) is 2. The van der Waals surface area contributed by atoms with E-state index in [0.29, 0.717) is 12.0 Å². The molecule has 1 aromatic carbocycles. The number of benzene rings is 1. The maximum atomic E-state index is 14.0. The fraction of sp³-hybridized carbons (Fsp3) is 0.308. The maximum Gasteiger partial charge on any atom is 0.127 e. The van der Waals surface area contributed by atoms with E-state index in [4.69, 9.17) is 23.2 Å². The molecule has 0 amide bonds. The summed E-state index contributed by atoms with van der Waals surface area (Å²) in [5.41, 5.74) is 2.60. The van der Waals surface area contributed by atoms with E-state index >= 15 is 0 Å². The first kappa shape index (κ1) is 13.8. The van der Waals surface area contributed by atoms with Crippen LogP contribution in [0.3, 0.4) is 0 Å². The molecule has 0 spiro atoms. The fourth-order valence-electron chi connectivity index (χ4n) is 1.93. The number of halogens is 3. The molecule has 18 heavy (non-hydrogen) atoms. The van der Waals surface area contributed by atoms with E-state index in [1.807, 2.05) is 5.38 Å². The number of hydrogen-bond donors (Lipinski definition) is 0. The summed E-state index contributed by atoms with van der Waals surface area (Å²) in [7, 11) is 0. The number of thiazole rings is 1. The van der Waals surface area contributed by atoms with Crippen LogP contribution >= 0.6 is 34.5 Å². The van der Waals surface area contributed by atoms with Gasteiger partial charge < -0.3 is 0 Å². The van der Waals surface area contributed by atoms with Crippen molar-refractivity contribution in [2.45, 2.75) is 11.8 Å². The summed E-state index contributed by atoms with van der Waals surface area (Å²) < 4.78 is 14.0. The van der Waals surface area contributed by atoms with Crippen molar-refractivity contribution in [1.82, 2.24) is 4.98 Å². The largest absolute Gasteiger partial charge is 0.250 e. The van der Waals surface area contributed by atoms with Crippen molar-refractivity contribution < 1.29 is 4.39 Å². The van der Waals surface area contributed by atoms with Crippen molar-refractivity contribution in [2.75, 3.05) is 11.8 Å². The van der Waals surface area contributed by atoms with Gasteiger partial charge in [-0.3, -0.25) is 0 Å². The average molecular weight is 304 g/mol. The van der Waals surface area contributed by atoms with Crippen LogP contribution in [0, 0.1) is 5.82 Å². The molecule has 0 fully saturated rings. The molecule has 0 unspecified atom stereocenters. The first-order chi connectivity index (χ1) is 8.72. The van der Waals surface area contributed by atoms with E-state index < -0.39 is 5.41 Å². The summed E-state index contributed by atoms with van der Waals surface area (Å²) in [6.45, 7) is 0. The van der Waals surface area contributed by atoms with Crippen LogP contribution < -0.4 is 0 Å². The minimum Gasteiger partial charge on any atom is -0.250 e. The van der Waals surface area contributed by atoms with Gasteiger partial charge in [0.1, 0.15) is 5.82 Å². The summed E-state index contributed by atoms with van der Waals surface area (Å²) in [4.78, 5) is 4.23. The van der Waals surface area contributed by atoms with Crippen molar-refractivity contribution in [2.24, 2.45) is 0 Å². The van der Waals surface area contributed by atoms with Crippen LogP contribution in [0.4, 0.5) is 4.39 Å². The lowest BCUT2D eigenvalue weighted by Crippen LogP contribution is -2.34. The van der Waals surface area contributed by atoms with E-state index in [1.54, 1.807) is 23.7 Å². The van der Waals surface area contributed by atoms with E-state index in [-0.39, 0.29) is 17.6 Å². The Morgan fingerprint density at radius 2 is 1.94 bits per heavy atom. The highest BCUT2D eigenvalue weighted by atomic mass is 35.5. The van der Waals surface area contributed by atoms with Gasteiger partial charge in [-0.2, -0.15) is 0 Å². The predicted octanol–water partition coefficient (Wildman–Crippen LogP) is 4.24. The third-order valence-electron chi connectivity index (χ3n) is 2.96. The SMILES string of the molecule is Fc1ccccc1C(CCl)(CCl)Cc1cscn1. The molecule has 0 aliphatic heterocycles. The number of aromatic nitrogens is 1. The molecule has 0 saturated heterocycles. The zero-order valence-corrected chi connectivity index (χ0v) is 11.9. The van der Waals surface area contributed by atoms with Crippen LogP contribution in [0.25, 0.3) is 0 Å². The van der Waals surface area contributed by atoms with Crippen LogP contribution in [0.15, 0.2) is 35.2 Å². The third-order valence-corrected chi connectivity index (χ3v) is 4.62. The Labute approximate surface area is 120 Å². The Balaban J connectivity index is 2.40. The molecule has 96 valence electrons. The van der Waals surface area contributed by atoms with Crippen LogP contribution in [0.1, 0.15) is 11.3 Å². The van der Waals surface area contributed by atoms with Crippen LogP contribution in [-0.2, 0) is 11.8 Å². The number of nitrogens with zero attached hydrogens (tertiary/aromatic N) is 1. The molecule has 2 aromatic rings. The molecule has 0 radical (unpaired) electrons. The van der Waals surface area contributed by atoms with Gasteiger partial charge in [0.05, 0.1) is 11.2 Å². The van der Waals surface area contributed by atoms with Gasteiger partial charge in [-0.25, -0.2) is 9.37 Å². The third kappa shape index (κ3) is 2.68. The van der Waals surface area contributed by atoms with Crippen molar-refractivity contribution >= 4 is 34.5 Å². The Bertz CT molecular complexity index is 497. The summed E-state index contributed by atoms with van der Waals surface area (Å²) in [6, 6.07) is 6.64. The smallest absolute Gasteiger partial charge is 0.127 e. The average Bonchev–Trinajstić information content (AvgIpc) is 2.90. The molecular formula is C13H12Cl2FNS. The van der Waals surface area contributed by atoms with E-state index in [9.17, 15) is 4.39 Å². The molecule has 1 aromatic heterocycles. The first-order valence-corrected chi connectivity index (χ1v) is 7.47. The van der Waals surface area contributed by atoms with Gasteiger partial charge in [-0.15, -0.1) is 34.5 Å². The lowest BCUT2D eigenvalue weighted by atomic mass is 9.80. The second kappa shape index (κ2) is 6.00. The molecule has 0 atom stereocenters. The van der Waals surface area contributed by atoms with Crippen molar-refractivity contribution in [3.63, 3.8) is 0 Å². The van der Waals surface area contributed by atoms with Crippen LogP contribution in [0.2, 0.25) is 0 Å². The lowest BCUT2D eigenvalue weighted by Gasteiger charge is -2.29. The quantitative estimate of drug-likeness (QED) is 0.753. The Hall–Kier alpha value is -0.640. The monoisotopic (exact) mass is 303 g/mol. The lowest BCUT2D eigenvalue weighted by molar-refractivity contribution is 0.487. The predicted molar refractivity (Wildman–Crippen MR) is 75.3 cm³/mol. The van der Waals surface area contributed by atoms with Crippen molar-refractivity contribution in [3.05, 3.63) is 52.2 Å². The minimum atomic E-state index is -0.609. The van der Waals surface area contributed by atoms with Crippen molar-refractivity contribution in [1.29, 1.82) is 0 Å². The molecule has 0 saturated carbocycles. The normalized spacial score (nSPS) is 11.7. The molecule has 0 aliphatic carbocycles. The minimum absolute atomic E-state index is 0.259. The van der Waals surface area contributed by atoms with Gasteiger partial charge in [0, 0.05) is 29.0 Å². The van der Waals surface area contributed by atoms with E-state index in [1.165, 1.54) is 17.4 Å². The fourth-order valence-corrected chi connectivity index (χ4v) is 3.25. The Kier molecular flexibility index (Phi) is 4.60. The van der Waals surface area contributed by atoms with Gasteiger partial charge in [0.15, 0.2) is 0 Å². The summed E-state index contributed by atoms with van der Waals surface area (Å²) in [5.74, 6) is 0.248. The van der Waals surface area contributed by atoms with Crippen LogP contribution in [0.5, 0.6) is 0 Å². The second-order valence-electron chi connectivity index (χ2n) is 4.18. The molecule has 5 heteroatoms. The standard InChI is InChI=1S/C13H12Cl2FNS/c14-7-13(8-15,5-10-6-18-9-17-10)11-3-1-2-4-12(11)16/h1-4,6,9H,5,7-8H2. The zero-order chi connectivity index (χ0) is 13.0. The van der Waals surface area contributed by atoms with Gasteiger partial charge >= 0.3 is 0 Å². The highest BCUT2D eigenvalue weighted by molar-refractivity contribution is 7.07. The van der Waals surface area contributed by atoms with Gasteiger partial charge in [0.25, 0.3) is 0 Å². The summed E-state index contributed by atoms with van der Waals surface area (Å²) in [6.07, 6.45) is 0.546. The summed E-state index contributed by atoms with van der Waals surface area (Å²) in [5, 5.41) is 1.94. The van der Waals surface area contributed by atoms with Crippen LogP contribution in [-0.4, -0.2) is 16.7 Å². The first-order valence-electron chi connectivity index (χ1n) is 5.46. The number of alkyl halides is 2. The molecule has 2 rings (SSSR count). The highest BCUT2D eigenvalue weighted by Crippen LogP contribution is 2.33. The molecule has 1 heterocycles. The van der Waals surface area contributed by atoms with Gasteiger partial charge in [0.2, 0.25) is 0 Å². The van der Waals surface area contributed by atoms with E-state index in [0.717, 1.165) is 5.69 Å². The van der Waals surface area contributed by atoms with Gasteiger partial charge in [-0.1, -0.05) is 18.2 Å². The molecule has 0 N–H and O–H groups in total. The Morgan fingerprint density at radius 3 is 2.50 bits per heavy atom. The topological polar surface area (TPSA) is 12.9 Å². The Morgan fingerprint density at radius 1 is 1.22 bits per heavy atom. The van der Waals surface area contributed by atoms with E-state index in [2.05, 4.69) is 4.98 Å².